The molecule has 110 valence electrons. The minimum Gasteiger partial charge on any atom is -0.307 e. The van der Waals surface area contributed by atoms with Crippen LogP contribution in [0.4, 0.5) is 4.39 Å². The molecule has 1 aliphatic carbocycles. The van der Waals surface area contributed by atoms with Crippen molar-refractivity contribution in [2.75, 3.05) is 6.54 Å². The molecule has 20 heavy (non-hydrogen) atoms. The SMILES string of the molecule is CCNC(/C1=C/CCCCCC1)c1c(F)cccc1Br. The van der Waals surface area contributed by atoms with Crippen LogP contribution in [0.3, 0.4) is 0 Å². The molecule has 1 aromatic carbocycles. The molecule has 0 heterocycles. The second-order valence-electron chi connectivity index (χ2n) is 5.36. The van der Waals surface area contributed by atoms with Gasteiger partial charge in [-0.25, -0.2) is 4.39 Å². The second kappa shape index (κ2) is 7.94. The van der Waals surface area contributed by atoms with E-state index in [0.29, 0.717) is 0 Å². The van der Waals surface area contributed by atoms with Crippen molar-refractivity contribution in [3.8, 4) is 0 Å². The summed E-state index contributed by atoms with van der Waals surface area (Å²) in [6, 6.07) is 5.21. The van der Waals surface area contributed by atoms with E-state index in [1.165, 1.54) is 31.3 Å². The van der Waals surface area contributed by atoms with Gasteiger partial charge >= 0.3 is 0 Å². The van der Waals surface area contributed by atoms with E-state index in [0.717, 1.165) is 29.4 Å². The molecule has 1 atom stereocenters. The number of nitrogens with one attached hydrogen (secondary N) is 1. The summed E-state index contributed by atoms with van der Waals surface area (Å²) in [6.07, 6.45) is 9.57. The van der Waals surface area contributed by atoms with Gasteiger partial charge in [0.25, 0.3) is 0 Å². The molecule has 0 bridgehead atoms. The topological polar surface area (TPSA) is 12.0 Å². The summed E-state index contributed by atoms with van der Waals surface area (Å²) in [6.45, 7) is 2.91. The number of hydrogen-bond donors (Lipinski definition) is 1. The first kappa shape index (κ1) is 15.7. The van der Waals surface area contributed by atoms with Crippen molar-refractivity contribution in [3.63, 3.8) is 0 Å². The molecule has 1 unspecified atom stereocenters. The van der Waals surface area contributed by atoms with Crippen molar-refractivity contribution in [2.45, 2.75) is 51.5 Å². The van der Waals surface area contributed by atoms with E-state index in [1.54, 1.807) is 12.1 Å². The van der Waals surface area contributed by atoms with Crippen LogP contribution >= 0.6 is 15.9 Å². The average Bonchev–Trinajstić information content (AvgIpc) is 2.37. The fourth-order valence-corrected chi connectivity index (χ4v) is 3.46. The van der Waals surface area contributed by atoms with Gasteiger partial charge in [0.1, 0.15) is 5.82 Å². The largest absolute Gasteiger partial charge is 0.307 e. The van der Waals surface area contributed by atoms with Crippen LogP contribution in [0.5, 0.6) is 0 Å². The van der Waals surface area contributed by atoms with E-state index in [-0.39, 0.29) is 11.9 Å². The van der Waals surface area contributed by atoms with Crippen molar-refractivity contribution >= 4 is 15.9 Å². The highest BCUT2D eigenvalue weighted by Gasteiger charge is 2.21. The molecule has 1 nitrogen and oxygen atoms in total. The van der Waals surface area contributed by atoms with Gasteiger partial charge in [-0.1, -0.05) is 53.4 Å². The Morgan fingerprint density at radius 3 is 2.80 bits per heavy atom. The standard InChI is InChI=1S/C17H23BrFN/c1-2-20-17(13-9-6-4-3-5-7-10-13)16-14(18)11-8-12-15(16)19/h8-9,11-12,17,20H,2-7,10H2,1H3/b13-9+. The smallest absolute Gasteiger partial charge is 0.129 e. The van der Waals surface area contributed by atoms with Crippen molar-refractivity contribution in [2.24, 2.45) is 0 Å². The second-order valence-corrected chi connectivity index (χ2v) is 6.21. The Labute approximate surface area is 129 Å². The van der Waals surface area contributed by atoms with Crippen molar-refractivity contribution in [1.82, 2.24) is 5.32 Å². The lowest BCUT2D eigenvalue weighted by molar-refractivity contribution is 0.522. The Morgan fingerprint density at radius 1 is 1.25 bits per heavy atom. The van der Waals surface area contributed by atoms with Gasteiger partial charge in [-0.3, -0.25) is 0 Å². The molecule has 1 N–H and O–H groups in total. The third-order valence-corrected chi connectivity index (χ3v) is 4.59. The predicted molar refractivity (Wildman–Crippen MR) is 86.3 cm³/mol. The molecule has 0 spiro atoms. The maximum atomic E-state index is 14.3. The number of likely N-dealkylation sites (N-methyl/N-ethyl adjacent to an activating group) is 1. The Hall–Kier alpha value is -0.670. The molecule has 0 amide bonds. The quantitative estimate of drug-likeness (QED) is 0.712. The van der Waals surface area contributed by atoms with Crippen LogP contribution in [0.25, 0.3) is 0 Å². The van der Waals surface area contributed by atoms with Crippen molar-refractivity contribution in [3.05, 3.63) is 45.7 Å². The van der Waals surface area contributed by atoms with E-state index in [4.69, 9.17) is 0 Å². The van der Waals surface area contributed by atoms with E-state index in [2.05, 4.69) is 34.2 Å². The van der Waals surface area contributed by atoms with E-state index in [1.807, 2.05) is 6.07 Å². The third-order valence-electron chi connectivity index (χ3n) is 3.89. The normalized spacial score (nSPS) is 20.6. The fraction of sp³-hybridized carbons (Fsp3) is 0.529. The molecule has 2 rings (SSSR count). The zero-order valence-corrected chi connectivity index (χ0v) is 13.7. The summed E-state index contributed by atoms with van der Waals surface area (Å²) in [5.41, 5.74) is 2.10. The summed E-state index contributed by atoms with van der Waals surface area (Å²) in [7, 11) is 0. The number of benzene rings is 1. The molecule has 0 fully saturated rings. The van der Waals surface area contributed by atoms with Gasteiger partial charge in [0, 0.05) is 10.0 Å². The highest BCUT2D eigenvalue weighted by molar-refractivity contribution is 9.10. The van der Waals surface area contributed by atoms with Gasteiger partial charge in [-0.15, -0.1) is 0 Å². The van der Waals surface area contributed by atoms with Gasteiger partial charge in [0.05, 0.1) is 6.04 Å². The molecule has 0 saturated heterocycles. The van der Waals surface area contributed by atoms with E-state index < -0.39 is 0 Å². The van der Waals surface area contributed by atoms with Crippen molar-refractivity contribution < 1.29 is 4.39 Å². The number of hydrogen-bond acceptors (Lipinski definition) is 1. The highest BCUT2D eigenvalue weighted by atomic mass is 79.9. The molecular weight excluding hydrogens is 317 g/mol. The number of allylic oxidation sites excluding steroid dienone is 1. The van der Waals surface area contributed by atoms with Crippen LogP contribution in [-0.2, 0) is 0 Å². The van der Waals surface area contributed by atoms with Gasteiger partial charge in [-0.2, -0.15) is 0 Å². The maximum Gasteiger partial charge on any atom is 0.129 e. The molecule has 0 aromatic heterocycles. The van der Waals surface area contributed by atoms with E-state index >= 15 is 0 Å². The molecule has 0 saturated carbocycles. The van der Waals surface area contributed by atoms with E-state index in [9.17, 15) is 4.39 Å². The Kier molecular flexibility index (Phi) is 6.24. The van der Waals surface area contributed by atoms with Crippen LogP contribution in [0.2, 0.25) is 0 Å². The summed E-state index contributed by atoms with van der Waals surface area (Å²) >= 11 is 3.51. The van der Waals surface area contributed by atoms with Gasteiger partial charge in [0.15, 0.2) is 0 Å². The lowest BCUT2D eigenvalue weighted by Gasteiger charge is -2.25. The molecule has 0 radical (unpaired) electrons. The highest BCUT2D eigenvalue weighted by Crippen LogP contribution is 2.34. The first-order valence-electron chi connectivity index (χ1n) is 7.60. The van der Waals surface area contributed by atoms with Crippen molar-refractivity contribution in [1.29, 1.82) is 0 Å². The molecule has 1 aromatic rings. The van der Waals surface area contributed by atoms with Gasteiger partial charge in [-0.05, 0) is 44.4 Å². The Balaban J connectivity index is 2.34. The lowest BCUT2D eigenvalue weighted by Crippen LogP contribution is -2.24. The summed E-state index contributed by atoms with van der Waals surface area (Å²) in [4.78, 5) is 0. The van der Waals surface area contributed by atoms with Crippen LogP contribution in [-0.4, -0.2) is 6.54 Å². The van der Waals surface area contributed by atoms with Crippen LogP contribution in [0, 0.1) is 5.82 Å². The van der Waals surface area contributed by atoms with Crippen LogP contribution in [0.15, 0.2) is 34.3 Å². The Morgan fingerprint density at radius 2 is 2.05 bits per heavy atom. The zero-order valence-electron chi connectivity index (χ0n) is 12.1. The fourth-order valence-electron chi connectivity index (χ4n) is 2.89. The van der Waals surface area contributed by atoms with Crippen LogP contribution in [0.1, 0.15) is 57.1 Å². The first-order valence-corrected chi connectivity index (χ1v) is 8.39. The summed E-state index contributed by atoms with van der Waals surface area (Å²) < 4.78 is 15.1. The minimum absolute atomic E-state index is 0.00586. The zero-order chi connectivity index (χ0) is 14.4. The van der Waals surface area contributed by atoms with Crippen LogP contribution < -0.4 is 5.32 Å². The molecule has 3 heteroatoms. The predicted octanol–water partition coefficient (Wildman–Crippen LogP) is 5.52. The maximum absolute atomic E-state index is 14.3. The Bertz CT molecular complexity index is 450. The molecule has 1 aliphatic rings. The number of rotatable bonds is 4. The minimum atomic E-state index is -0.131. The third kappa shape index (κ3) is 3.92. The molecule has 0 aliphatic heterocycles. The van der Waals surface area contributed by atoms with Gasteiger partial charge < -0.3 is 5.32 Å². The average molecular weight is 340 g/mol. The van der Waals surface area contributed by atoms with Gasteiger partial charge in [0.2, 0.25) is 0 Å². The number of halogens is 2. The monoisotopic (exact) mass is 339 g/mol. The summed E-state index contributed by atoms with van der Waals surface area (Å²) in [5.74, 6) is -0.131. The lowest BCUT2D eigenvalue weighted by atomic mass is 9.90. The summed E-state index contributed by atoms with van der Waals surface area (Å²) in [5, 5.41) is 3.46. The first-order chi connectivity index (χ1) is 9.74. The molecular formula is C17H23BrFN.